The van der Waals surface area contributed by atoms with E-state index in [2.05, 4.69) is 21.9 Å². The second-order valence-corrected chi connectivity index (χ2v) is 3.78. The number of ether oxygens (including phenoxy) is 1. The van der Waals surface area contributed by atoms with E-state index in [1.54, 1.807) is 7.05 Å². The van der Waals surface area contributed by atoms with Gasteiger partial charge >= 0.3 is 11.7 Å². The lowest BCUT2D eigenvalue weighted by Crippen LogP contribution is -2.12. The first-order valence-corrected chi connectivity index (χ1v) is 5.48. The molecule has 2 rings (SSSR count). The Morgan fingerprint density at radius 3 is 2.94 bits per heavy atom. The molecule has 0 fully saturated rings. The number of nitrogen functional groups attached to an aromatic ring is 1. The molecule has 7 heteroatoms. The minimum absolute atomic E-state index is 0.207. The van der Waals surface area contributed by atoms with Gasteiger partial charge < -0.3 is 15.5 Å². The standard InChI is InChI=1S/C10H15N5O2/c1-3-4-5-17-9-13-7(11)6-8(14-9)15(2)10(16)12-6/h3-5H2,1-2H3,(H,12,16)(H2,11,13,14). The summed E-state index contributed by atoms with van der Waals surface area (Å²) in [5, 5.41) is 0. The first kappa shape index (κ1) is 11.4. The van der Waals surface area contributed by atoms with Gasteiger partial charge in [-0.2, -0.15) is 9.97 Å². The maximum atomic E-state index is 11.4. The molecule has 0 aromatic carbocycles. The van der Waals surface area contributed by atoms with Gasteiger partial charge in [-0.25, -0.2) is 4.79 Å². The Labute approximate surface area is 97.6 Å². The molecular weight excluding hydrogens is 222 g/mol. The number of aryl methyl sites for hydroxylation is 1. The molecule has 0 bridgehead atoms. The lowest BCUT2D eigenvalue weighted by atomic mass is 10.4. The molecule has 0 aliphatic rings. The fourth-order valence-corrected chi connectivity index (χ4v) is 1.47. The van der Waals surface area contributed by atoms with Crippen LogP contribution in [0.5, 0.6) is 6.01 Å². The third-order valence-electron chi connectivity index (χ3n) is 2.48. The number of aromatic amines is 1. The molecule has 2 aromatic heterocycles. The summed E-state index contributed by atoms with van der Waals surface area (Å²) in [6, 6.07) is 0.207. The molecule has 0 spiro atoms. The summed E-state index contributed by atoms with van der Waals surface area (Å²) in [5.41, 5.74) is 6.35. The SMILES string of the molecule is CCCCOc1nc(N)c2[nH]c(=O)n(C)c2n1. The van der Waals surface area contributed by atoms with Gasteiger partial charge in [-0.15, -0.1) is 0 Å². The number of fused-ring (bicyclic) bond motifs is 1. The monoisotopic (exact) mass is 237 g/mol. The molecule has 0 saturated heterocycles. The molecule has 0 saturated carbocycles. The Hall–Kier alpha value is -2.05. The van der Waals surface area contributed by atoms with Gasteiger partial charge in [-0.05, 0) is 6.42 Å². The minimum Gasteiger partial charge on any atom is -0.463 e. The van der Waals surface area contributed by atoms with Crippen LogP contribution in [0.15, 0.2) is 4.79 Å². The highest BCUT2D eigenvalue weighted by molar-refractivity contribution is 5.81. The Morgan fingerprint density at radius 1 is 1.47 bits per heavy atom. The van der Waals surface area contributed by atoms with Crippen molar-refractivity contribution in [2.24, 2.45) is 7.05 Å². The van der Waals surface area contributed by atoms with Crippen LogP contribution in [-0.4, -0.2) is 26.1 Å². The number of H-pyrrole nitrogens is 1. The molecule has 2 heterocycles. The van der Waals surface area contributed by atoms with Crippen LogP contribution in [0.2, 0.25) is 0 Å². The van der Waals surface area contributed by atoms with E-state index in [-0.39, 0.29) is 17.5 Å². The molecule has 0 radical (unpaired) electrons. The Bertz CT molecular complexity index is 586. The number of nitrogens with two attached hydrogens (primary N) is 1. The van der Waals surface area contributed by atoms with E-state index in [0.717, 1.165) is 12.8 Å². The highest BCUT2D eigenvalue weighted by Gasteiger charge is 2.11. The zero-order valence-electron chi connectivity index (χ0n) is 9.86. The largest absolute Gasteiger partial charge is 0.463 e. The van der Waals surface area contributed by atoms with Gasteiger partial charge in [-0.1, -0.05) is 13.3 Å². The Kier molecular flexibility index (Phi) is 2.99. The first-order chi connectivity index (χ1) is 8.13. The summed E-state index contributed by atoms with van der Waals surface area (Å²) >= 11 is 0. The summed E-state index contributed by atoms with van der Waals surface area (Å²) in [5.74, 6) is 0.221. The second kappa shape index (κ2) is 4.44. The Morgan fingerprint density at radius 2 is 2.24 bits per heavy atom. The Balaban J connectivity index is 2.40. The van der Waals surface area contributed by atoms with Crippen molar-refractivity contribution in [3.63, 3.8) is 0 Å². The quantitative estimate of drug-likeness (QED) is 0.751. The fraction of sp³-hybridized carbons (Fsp3) is 0.500. The van der Waals surface area contributed by atoms with Crippen LogP contribution in [0.3, 0.4) is 0 Å². The van der Waals surface area contributed by atoms with Crippen molar-refractivity contribution in [1.82, 2.24) is 19.5 Å². The molecule has 0 aliphatic carbocycles. The van der Waals surface area contributed by atoms with E-state index >= 15 is 0 Å². The topological polar surface area (TPSA) is 98.8 Å². The van der Waals surface area contributed by atoms with Crippen molar-refractivity contribution < 1.29 is 4.74 Å². The zero-order valence-corrected chi connectivity index (χ0v) is 9.86. The molecule has 92 valence electrons. The van der Waals surface area contributed by atoms with Crippen LogP contribution in [0, 0.1) is 0 Å². The van der Waals surface area contributed by atoms with Gasteiger partial charge in [0.25, 0.3) is 0 Å². The number of hydrogen-bond donors (Lipinski definition) is 2. The summed E-state index contributed by atoms with van der Waals surface area (Å²) < 4.78 is 6.74. The van der Waals surface area contributed by atoms with Gasteiger partial charge in [-0.3, -0.25) is 4.57 Å². The first-order valence-electron chi connectivity index (χ1n) is 5.48. The van der Waals surface area contributed by atoms with Gasteiger partial charge in [0.15, 0.2) is 11.5 Å². The van der Waals surface area contributed by atoms with E-state index in [1.807, 2.05) is 0 Å². The summed E-state index contributed by atoms with van der Waals surface area (Å²) in [7, 11) is 1.61. The summed E-state index contributed by atoms with van der Waals surface area (Å²) in [4.78, 5) is 22.1. The van der Waals surface area contributed by atoms with Gasteiger partial charge in [0.1, 0.15) is 5.52 Å². The third-order valence-corrected chi connectivity index (χ3v) is 2.48. The normalized spacial score (nSPS) is 10.9. The third kappa shape index (κ3) is 2.08. The minimum atomic E-state index is -0.272. The predicted molar refractivity (Wildman–Crippen MR) is 63.9 cm³/mol. The molecule has 3 N–H and O–H groups in total. The van der Waals surface area contributed by atoms with Crippen LogP contribution in [-0.2, 0) is 7.05 Å². The summed E-state index contributed by atoms with van der Waals surface area (Å²) in [6.45, 7) is 2.61. The smallest absolute Gasteiger partial charge is 0.327 e. The van der Waals surface area contributed by atoms with E-state index < -0.39 is 0 Å². The fourth-order valence-electron chi connectivity index (χ4n) is 1.47. The number of nitrogens with zero attached hydrogens (tertiary/aromatic N) is 3. The molecule has 17 heavy (non-hydrogen) atoms. The molecule has 0 atom stereocenters. The maximum Gasteiger partial charge on any atom is 0.327 e. The highest BCUT2D eigenvalue weighted by Crippen LogP contribution is 2.16. The van der Waals surface area contributed by atoms with Crippen LogP contribution >= 0.6 is 0 Å². The molecule has 2 aromatic rings. The number of nitrogens with one attached hydrogen (secondary N) is 1. The number of aromatic nitrogens is 4. The second-order valence-electron chi connectivity index (χ2n) is 3.78. The van der Waals surface area contributed by atoms with Crippen molar-refractivity contribution in [2.45, 2.75) is 19.8 Å². The highest BCUT2D eigenvalue weighted by atomic mass is 16.5. The molecule has 0 unspecified atom stereocenters. The van der Waals surface area contributed by atoms with E-state index in [1.165, 1.54) is 4.57 Å². The van der Waals surface area contributed by atoms with Crippen molar-refractivity contribution in [2.75, 3.05) is 12.3 Å². The number of unbranched alkanes of at least 4 members (excludes halogenated alkanes) is 1. The van der Waals surface area contributed by atoms with Gasteiger partial charge in [0.2, 0.25) is 0 Å². The summed E-state index contributed by atoms with van der Waals surface area (Å²) in [6.07, 6.45) is 1.95. The lowest BCUT2D eigenvalue weighted by molar-refractivity contribution is 0.286. The van der Waals surface area contributed by atoms with E-state index in [0.29, 0.717) is 17.8 Å². The molecule has 0 amide bonds. The van der Waals surface area contributed by atoms with Crippen molar-refractivity contribution in [3.05, 3.63) is 10.5 Å². The van der Waals surface area contributed by atoms with Crippen LogP contribution < -0.4 is 16.2 Å². The van der Waals surface area contributed by atoms with Crippen molar-refractivity contribution in [3.8, 4) is 6.01 Å². The predicted octanol–water partition coefficient (Wildman–Crippen LogP) is 0.418. The molecule has 7 nitrogen and oxygen atoms in total. The van der Waals surface area contributed by atoms with Crippen LogP contribution in [0.25, 0.3) is 11.2 Å². The number of anilines is 1. The average molecular weight is 237 g/mol. The van der Waals surface area contributed by atoms with Crippen LogP contribution in [0.1, 0.15) is 19.8 Å². The number of imidazole rings is 1. The number of rotatable bonds is 4. The molecular formula is C10H15N5O2. The van der Waals surface area contributed by atoms with Gasteiger partial charge in [0.05, 0.1) is 6.61 Å². The lowest BCUT2D eigenvalue weighted by Gasteiger charge is -2.04. The number of hydrogen-bond acceptors (Lipinski definition) is 5. The van der Waals surface area contributed by atoms with E-state index in [4.69, 9.17) is 10.5 Å². The maximum absolute atomic E-state index is 11.4. The van der Waals surface area contributed by atoms with E-state index in [9.17, 15) is 4.79 Å². The van der Waals surface area contributed by atoms with Crippen LogP contribution in [0.4, 0.5) is 5.82 Å². The zero-order chi connectivity index (χ0) is 12.4. The molecule has 0 aliphatic heterocycles. The average Bonchev–Trinajstić information content (AvgIpc) is 2.58. The van der Waals surface area contributed by atoms with Crippen molar-refractivity contribution >= 4 is 17.0 Å². The van der Waals surface area contributed by atoms with Crippen molar-refractivity contribution in [1.29, 1.82) is 0 Å². The van der Waals surface area contributed by atoms with Gasteiger partial charge in [0, 0.05) is 7.05 Å².